The molecule has 0 amide bonds. The van der Waals surface area contributed by atoms with Crippen LogP contribution in [0.2, 0.25) is 5.02 Å². The first-order valence-corrected chi connectivity index (χ1v) is 6.80. The maximum Gasteiger partial charge on any atom is 0.0846 e. The van der Waals surface area contributed by atoms with E-state index in [-0.39, 0.29) is 6.04 Å². The van der Waals surface area contributed by atoms with Gasteiger partial charge in [-0.05, 0) is 57.0 Å². The number of anilines is 1. The number of aromatic nitrogens is 2. The zero-order valence-corrected chi connectivity index (χ0v) is 12.8. The van der Waals surface area contributed by atoms with Gasteiger partial charge in [-0.3, -0.25) is 4.68 Å². The molecular formula is C15H20ClN3. The maximum atomic E-state index is 6.18. The molecule has 2 aromatic rings. The average Bonchev–Trinajstić information content (AvgIpc) is 2.66. The van der Waals surface area contributed by atoms with Gasteiger partial charge in [-0.2, -0.15) is 5.10 Å². The third-order valence-corrected chi connectivity index (χ3v) is 3.99. The second-order valence-corrected chi connectivity index (χ2v) is 5.50. The minimum Gasteiger partial charge on any atom is -0.377 e. The van der Waals surface area contributed by atoms with Crippen LogP contribution in [0.3, 0.4) is 0 Å². The Balaban J connectivity index is 2.21. The lowest BCUT2D eigenvalue weighted by Crippen LogP contribution is -2.08. The zero-order valence-electron chi connectivity index (χ0n) is 12.1. The Kier molecular flexibility index (Phi) is 3.85. The lowest BCUT2D eigenvalue weighted by Gasteiger charge is -2.15. The third kappa shape index (κ3) is 2.92. The van der Waals surface area contributed by atoms with Gasteiger partial charge in [0.1, 0.15) is 0 Å². The molecule has 2 rings (SSSR count). The van der Waals surface area contributed by atoms with Crippen LogP contribution in [0.1, 0.15) is 35.5 Å². The van der Waals surface area contributed by atoms with Crippen molar-refractivity contribution in [3.63, 3.8) is 0 Å². The van der Waals surface area contributed by atoms with Gasteiger partial charge < -0.3 is 5.32 Å². The number of hydrogen-bond donors (Lipinski definition) is 1. The molecule has 0 aliphatic heterocycles. The fraction of sp³-hybridized carbons (Fsp3) is 0.400. The van der Waals surface area contributed by atoms with E-state index in [1.807, 2.05) is 25.6 Å². The fourth-order valence-electron chi connectivity index (χ4n) is 2.15. The summed E-state index contributed by atoms with van der Waals surface area (Å²) in [6.45, 7) is 8.22. The second-order valence-electron chi connectivity index (χ2n) is 5.12. The molecule has 1 atom stereocenters. The van der Waals surface area contributed by atoms with Gasteiger partial charge in [0.15, 0.2) is 0 Å². The van der Waals surface area contributed by atoms with E-state index in [0.29, 0.717) is 0 Å². The summed E-state index contributed by atoms with van der Waals surface area (Å²) in [5.74, 6) is 0. The number of nitrogens with one attached hydrogen (secondary N) is 1. The molecule has 0 fully saturated rings. The number of benzene rings is 1. The molecule has 19 heavy (non-hydrogen) atoms. The minimum atomic E-state index is 0.167. The molecule has 0 saturated heterocycles. The summed E-state index contributed by atoms with van der Waals surface area (Å²) < 4.78 is 1.89. The Labute approximate surface area is 119 Å². The molecule has 0 bridgehead atoms. The van der Waals surface area contributed by atoms with Crippen LogP contribution in [0.5, 0.6) is 0 Å². The van der Waals surface area contributed by atoms with Crippen LogP contribution < -0.4 is 5.32 Å². The van der Waals surface area contributed by atoms with E-state index in [2.05, 4.69) is 42.5 Å². The topological polar surface area (TPSA) is 29.9 Å². The highest BCUT2D eigenvalue weighted by molar-refractivity contribution is 6.32. The molecule has 0 radical (unpaired) electrons. The van der Waals surface area contributed by atoms with Crippen molar-refractivity contribution in [3.8, 4) is 0 Å². The molecule has 1 heterocycles. The Hall–Kier alpha value is -1.48. The first kappa shape index (κ1) is 13.9. The van der Waals surface area contributed by atoms with Crippen molar-refractivity contribution in [2.24, 2.45) is 7.05 Å². The minimum absolute atomic E-state index is 0.167. The third-order valence-electron chi connectivity index (χ3n) is 3.40. The van der Waals surface area contributed by atoms with Gasteiger partial charge in [-0.1, -0.05) is 11.6 Å². The molecule has 1 N–H and O–H groups in total. The standard InChI is InChI=1S/C15H20ClN3/c1-9-6-13(7-10(2)15(9)16)17-12(4)14-8-11(3)19(5)18-14/h6-8,12,17H,1-5H3/t12-/m1/s1. The van der Waals surface area contributed by atoms with Crippen molar-refractivity contribution >= 4 is 17.3 Å². The Morgan fingerprint density at radius 3 is 2.21 bits per heavy atom. The van der Waals surface area contributed by atoms with Crippen molar-refractivity contribution in [2.45, 2.75) is 33.7 Å². The van der Waals surface area contributed by atoms with E-state index in [1.54, 1.807) is 0 Å². The van der Waals surface area contributed by atoms with Crippen molar-refractivity contribution in [1.82, 2.24) is 9.78 Å². The molecule has 0 unspecified atom stereocenters. The first-order chi connectivity index (χ1) is 8.88. The SMILES string of the molecule is Cc1cc(N[C@H](C)c2cc(C)n(C)n2)cc(C)c1Cl. The van der Waals surface area contributed by atoms with Crippen LogP contribution in [0.25, 0.3) is 0 Å². The van der Waals surface area contributed by atoms with E-state index >= 15 is 0 Å². The van der Waals surface area contributed by atoms with Gasteiger partial charge >= 0.3 is 0 Å². The molecule has 0 spiro atoms. The Bertz CT molecular complexity index is 559. The number of rotatable bonds is 3. The lowest BCUT2D eigenvalue weighted by molar-refractivity contribution is 0.702. The zero-order chi connectivity index (χ0) is 14.2. The van der Waals surface area contributed by atoms with E-state index in [1.165, 1.54) is 0 Å². The second kappa shape index (κ2) is 5.25. The first-order valence-electron chi connectivity index (χ1n) is 6.42. The fourth-order valence-corrected chi connectivity index (χ4v) is 2.26. The molecule has 1 aromatic carbocycles. The molecule has 1 aromatic heterocycles. The van der Waals surface area contributed by atoms with E-state index in [9.17, 15) is 0 Å². The predicted octanol–water partition coefficient (Wildman–Crippen LogP) is 4.17. The highest BCUT2D eigenvalue weighted by atomic mass is 35.5. The summed E-state index contributed by atoms with van der Waals surface area (Å²) in [5.41, 5.74) is 5.47. The van der Waals surface area contributed by atoms with Crippen molar-refractivity contribution in [2.75, 3.05) is 5.32 Å². The smallest absolute Gasteiger partial charge is 0.0846 e. The lowest BCUT2D eigenvalue weighted by atomic mass is 10.1. The van der Waals surface area contributed by atoms with E-state index in [4.69, 9.17) is 11.6 Å². The van der Waals surface area contributed by atoms with Gasteiger partial charge in [0.05, 0.1) is 11.7 Å². The number of nitrogens with zero attached hydrogens (tertiary/aromatic N) is 2. The number of halogens is 1. The monoisotopic (exact) mass is 277 g/mol. The molecular weight excluding hydrogens is 258 g/mol. The number of aryl methyl sites for hydroxylation is 4. The normalized spacial score (nSPS) is 12.5. The Morgan fingerprint density at radius 1 is 1.16 bits per heavy atom. The summed E-state index contributed by atoms with van der Waals surface area (Å²) in [5, 5.41) is 8.81. The van der Waals surface area contributed by atoms with Gasteiger partial charge in [-0.15, -0.1) is 0 Å². The molecule has 0 saturated carbocycles. The Morgan fingerprint density at radius 2 is 1.74 bits per heavy atom. The van der Waals surface area contributed by atoms with Crippen LogP contribution in [0.15, 0.2) is 18.2 Å². The molecule has 0 aliphatic rings. The van der Waals surface area contributed by atoms with E-state index < -0.39 is 0 Å². The molecule has 3 nitrogen and oxygen atoms in total. The summed E-state index contributed by atoms with van der Waals surface area (Å²) in [7, 11) is 1.96. The van der Waals surface area contributed by atoms with Crippen LogP contribution in [0.4, 0.5) is 5.69 Å². The maximum absolute atomic E-state index is 6.18. The van der Waals surface area contributed by atoms with Gasteiger partial charge in [0.25, 0.3) is 0 Å². The van der Waals surface area contributed by atoms with Crippen LogP contribution >= 0.6 is 11.6 Å². The summed E-state index contributed by atoms with van der Waals surface area (Å²) >= 11 is 6.18. The molecule has 4 heteroatoms. The largest absolute Gasteiger partial charge is 0.377 e. The molecule has 0 aliphatic carbocycles. The number of hydrogen-bond acceptors (Lipinski definition) is 2. The van der Waals surface area contributed by atoms with Crippen molar-refractivity contribution in [3.05, 3.63) is 45.7 Å². The van der Waals surface area contributed by atoms with Crippen molar-refractivity contribution in [1.29, 1.82) is 0 Å². The van der Waals surface area contributed by atoms with Crippen LogP contribution in [-0.2, 0) is 7.05 Å². The van der Waals surface area contributed by atoms with E-state index in [0.717, 1.165) is 33.2 Å². The summed E-state index contributed by atoms with van der Waals surface area (Å²) in [6.07, 6.45) is 0. The summed E-state index contributed by atoms with van der Waals surface area (Å²) in [6, 6.07) is 6.41. The quantitative estimate of drug-likeness (QED) is 0.912. The van der Waals surface area contributed by atoms with Gasteiger partial charge in [-0.25, -0.2) is 0 Å². The highest BCUT2D eigenvalue weighted by Crippen LogP contribution is 2.26. The van der Waals surface area contributed by atoms with Gasteiger partial charge in [0.2, 0.25) is 0 Å². The highest BCUT2D eigenvalue weighted by Gasteiger charge is 2.11. The van der Waals surface area contributed by atoms with Crippen LogP contribution in [-0.4, -0.2) is 9.78 Å². The molecule has 102 valence electrons. The van der Waals surface area contributed by atoms with Crippen molar-refractivity contribution < 1.29 is 0 Å². The average molecular weight is 278 g/mol. The van der Waals surface area contributed by atoms with Gasteiger partial charge in [0, 0.05) is 23.5 Å². The van der Waals surface area contributed by atoms with Crippen LogP contribution in [0, 0.1) is 20.8 Å². The predicted molar refractivity (Wildman–Crippen MR) is 80.9 cm³/mol. The summed E-state index contributed by atoms with van der Waals surface area (Å²) in [4.78, 5) is 0.